The number of carbonyl (C=O) groups excluding carboxylic acids is 2. The summed E-state index contributed by atoms with van der Waals surface area (Å²) < 4.78 is 10.3. The highest BCUT2D eigenvalue weighted by atomic mass is 16.5. The molecule has 1 aliphatic rings. The molecule has 1 N–H and O–H groups in total. The average molecular weight is 277 g/mol. The summed E-state index contributed by atoms with van der Waals surface area (Å²) in [7, 11) is 0. The first-order chi connectivity index (χ1) is 9.72. The van der Waals surface area contributed by atoms with Crippen LogP contribution in [0.15, 0.2) is 24.3 Å². The first-order valence-electron chi connectivity index (χ1n) is 6.87. The molecule has 0 bridgehead atoms. The molecular weight excluding hydrogens is 258 g/mol. The van der Waals surface area contributed by atoms with Crippen molar-refractivity contribution in [3.63, 3.8) is 0 Å². The summed E-state index contributed by atoms with van der Waals surface area (Å²) in [6.07, 6.45) is 0.908. The van der Waals surface area contributed by atoms with Crippen LogP contribution in [-0.4, -0.2) is 31.6 Å². The Morgan fingerprint density at radius 2 is 2.20 bits per heavy atom. The Bertz CT molecular complexity index is 487. The molecule has 0 saturated heterocycles. The summed E-state index contributed by atoms with van der Waals surface area (Å²) >= 11 is 0. The van der Waals surface area contributed by atoms with E-state index in [1.165, 1.54) is 0 Å². The fourth-order valence-corrected chi connectivity index (χ4v) is 2.18. The predicted octanol–water partition coefficient (Wildman–Crippen LogP) is 1.62. The van der Waals surface area contributed by atoms with Gasteiger partial charge in [0.1, 0.15) is 18.3 Å². The van der Waals surface area contributed by atoms with Gasteiger partial charge < -0.3 is 14.8 Å². The van der Waals surface area contributed by atoms with E-state index in [1.54, 1.807) is 6.92 Å². The van der Waals surface area contributed by atoms with Crippen LogP contribution in [0, 0.1) is 0 Å². The molecule has 0 aliphatic carbocycles. The standard InChI is InChI=1S/C15H19NO4/c1-2-19-14(17)8-5-9-16-15(18)12-10-20-13-7-4-3-6-11(12)13/h3-4,6-7,12H,2,5,8-10H2,1H3,(H,16,18). The van der Waals surface area contributed by atoms with Crippen molar-refractivity contribution in [2.45, 2.75) is 25.7 Å². The molecule has 1 atom stereocenters. The Hall–Kier alpha value is -2.04. The number of rotatable bonds is 6. The lowest BCUT2D eigenvalue weighted by atomic mass is 10.0. The molecule has 5 heteroatoms. The van der Waals surface area contributed by atoms with E-state index in [9.17, 15) is 9.59 Å². The minimum atomic E-state index is -0.256. The van der Waals surface area contributed by atoms with Gasteiger partial charge in [-0.25, -0.2) is 0 Å². The van der Waals surface area contributed by atoms with E-state index in [0.29, 0.717) is 32.6 Å². The third-order valence-electron chi connectivity index (χ3n) is 3.18. The molecule has 1 aliphatic heterocycles. The van der Waals surface area contributed by atoms with Gasteiger partial charge in [-0.2, -0.15) is 0 Å². The van der Waals surface area contributed by atoms with E-state index < -0.39 is 0 Å². The number of benzene rings is 1. The van der Waals surface area contributed by atoms with Gasteiger partial charge in [0.15, 0.2) is 0 Å². The minimum Gasteiger partial charge on any atom is -0.492 e. The van der Waals surface area contributed by atoms with E-state index in [4.69, 9.17) is 9.47 Å². The second-order valence-electron chi connectivity index (χ2n) is 4.60. The molecule has 1 heterocycles. The number of fused-ring (bicyclic) bond motifs is 1. The maximum absolute atomic E-state index is 12.1. The Labute approximate surface area is 118 Å². The van der Waals surface area contributed by atoms with Crippen LogP contribution in [0.25, 0.3) is 0 Å². The number of amides is 1. The second-order valence-corrected chi connectivity index (χ2v) is 4.60. The third kappa shape index (κ3) is 3.50. The SMILES string of the molecule is CCOC(=O)CCCNC(=O)C1COc2ccccc21. The van der Waals surface area contributed by atoms with Crippen molar-refractivity contribution in [1.82, 2.24) is 5.32 Å². The number of ether oxygens (including phenoxy) is 2. The van der Waals surface area contributed by atoms with Gasteiger partial charge in [0.2, 0.25) is 5.91 Å². The molecule has 108 valence electrons. The number of hydrogen-bond acceptors (Lipinski definition) is 4. The van der Waals surface area contributed by atoms with E-state index in [1.807, 2.05) is 24.3 Å². The zero-order valence-electron chi connectivity index (χ0n) is 11.6. The fourth-order valence-electron chi connectivity index (χ4n) is 2.18. The highest BCUT2D eigenvalue weighted by Gasteiger charge is 2.29. The molecule has 20 heavy (non-hydrogen) atoms. The van der Waals surface area contributed by atoms with Crippen molar-refractivity contribution in [3.05, 3.63) is 29.8 Å². The van der Waals surface area contributed by atoms with E-state index >= 15 is 0 Å². The van der Waals surface area contributed by atoms with Crippen molar-refractivity contribution >= 4 is 11.9 Å². The predicted molar refractivity (Wildman–Crippen MR) is 73.6 cm³/mol. The van der Waals surface area contributed by atoms with Crippen LogP contribution < -0.4 is 10.1 Å². The van der Waals surface area contributed by atoms with Gasteiger partial charge >= 0.3 is 5.97 Å². The van der Waals surface area contributed by atoms with Gasteiger partial charge in [0.25, 0.3) is 0 Å². The summed E-state index contributed by atoms with van der Waals surface area (Å²) in [6, 6.07) is 7.56. The van der Waals surface area contributed by atoms with Gasteiger partial charge in [-0.05, 0) is 19.4 Å². The highest BCUT2D eigenvalue weighted by molar-refractivity contribution is 5.85. The van der Waals surface area contributed by atoms with Crippen molar-refractivity contribution < 1.29 is 19.1 Å². The van der Waals surface area contributed by atoms with Gasteiger partial charge in [0, 0.05) is 18.5 Å². The van der Waals surface area contributed by atoms with Crippen LogP contribution in [0.1, 0.15) is 31.2 Å². The molecule has 1 aromatic carbocycles. The monoisotopic (exact) mass is 277 g/mol. The molecule has 0 radical (unpaired) electrons. The van der Waals surface area contributed by atoms with Gasteiger partial charge in [-0.1, -0.05) is 18.2 Å². The maximum atomic E-state index is 12.1. The summed E-state index contributed by atoms with van der Waals surface area (Å²) in [5.41, 5.74) is 0.926. The van der Waals surface area contributed by atoms with Gasteiger partial charge in [-0.15, -0.1) is 0 Å². The number of para-hydroxylation sites is 1. The van der Waals surface area contributed by atoms with Crippen molar-refractivity contribution in [2.75, 3.05) is 19.8 Å². The molecule has 2 rings (SSSR count). The lowest BCUT2D eigenvalue weighted by Crippen LogP contribution is -2.31. The second kappa shape index (κ2) is 6.93. The lowest BCUT2D eigenvalue weighted by molar-refractivity contribution is -0.143. The van der Waals surface area contributed by atoms with Crippen LogP contribution in [0.5, 0.6) is 5.75 Å². The van der Waals surface area contributed by atoms with Crippen LogP contribution in [0.2, 0.25) is 0 Å². The Morgan fingerprint density at radius 1 is 1.40 bits per heavy atom. The molecule has 0 spiro atoms. The molecule has 5 nitrogen and oxygen atoms in total. The fraction of sp³-hybridized carbons (Fsp3) is 0.467. The average Bonchev–Trinajstić information content (AvgIpc) is 2.87. The normalized spacial score (nSPS) is 16.1. The summed E-state index contributed by atoms with van der Waals surface area (Å²) in [5, 5.41) is 2.84. The van der Waals surface area contributed by atoms with Gasteiger partial charge in [-0.3, -0.25) is 9.59 Å². The maximum Gasteiger partial charge on any atom is 0.305 e. The van der Waals surface area contributed by atoms with Crippen LogP contribution in [0.4, 0.5) is 0 Å². The first kappa shape index (κ1) is 14.4. The quantitative estimate of drug-likeness (QED) is 0.634. The molecular formula is C15H19NO4. The lowest BCUT2D eigenvalue weighted by Gasteiger charge is -2.10. The van der Waals surface area contributed by atoms with Crippen LogP contribution in [-0.2, 0) is 14.3 Å². The summed E-state index contributed by atoms with van der Waals surface area (Å²) in [6.45, 7) is 3.01. The number of carbonyl (C=O) groups is 2. The van der Waals surface area contributed by atoms with Gasteiger partial charge in [0.05, 0.1) is 6.61 Å². The molecule has 1 unspecified atom stereocenters. The third-order valence-corrected chi connectivity index (χ3v) is 3.18. The molecule has 0 saturated carbocycles. The molecule has 1 aromatic rings. The molecule has 1 amide bonds. The molecule has 0 aromatic heterocycles. The van der Waals surface area contributed by atoms with Crippen LogP contribution in [0.3, 0.4) is 0 Å². The van der Waals surface area contributed by atoms with Crippen molar-refractivity contribution in [2.24, 2.45) is 0 Å². The van der Waals surface area contributed by atoms with Crippen LogP contribution >= 0.6 is 0 Å². The van der Waals surface area contributed by atoms with Crippen molar-refractivity contribution in [1.29, 1.82) is 0 Å². The zero-order chi connectivity index (χ0) is 14.4. The number of esters is 1. The Kier molecular flexibility index (Phi) is 4.98. The summed E-state index contributed by atoms with van der Waals surface area (Å²) in [4.78, 5) is 23.2. The summed E-state index contributed by atoms with van der Waals surface area (Å²) in [5.74, 6) is 0.239. The number of hydrogen-bond donors (Lipinski definition) is 1. The van der Waals surface area contributed by atoms with E-state index in [-0.39, 0.29) is 17.8 Å². The topological polar surface area (TPSA) is 64.6 Å². The van der Waals surface area contributed by atoms with E-state index in [0.717, 1.165) is 11.3 Å². The number of nitrogens with one attached hydrogen (secondary N) is 1. The van der Waals surface area contributed by atoms with E-state index in [2.05, 4.69) is 5.32 Å². The molecule has 0 fully saturated rings. The smallest absolute Gasteiger partial charge is 0.305 e. The highest BCUT2D eigenvalue weighted by Crippen LogP contribution is 2.33. The van der Waals surface area contributed by atoms with Crippen molar-refractivity contribution in [3.8, 4) is 5.75 Å². The first-order valence-corrected chi connectivity index (χ1v) is 6.87. The minimum absolute atomic E-state index is 0.0567. The Morgan fingerprint density at radius 3 is 3.00 bits per heavy atom. The largest absolute Gasteiger partial charge is 0.492 e. The zero-order valence-corrected chi connectivity index (χ0v) is 11.6. The Balaban J connectivity index is 1.75.